The van der Waals surface area contributed by atoms with Crippen molar-refractivity contribution in [3.8, 4) is 5.75 Å². The van der Waals surface area contributed by atoms with E-state index < -0.39 is 0 Å². The van der Waals surface area contributed by atoms with Crippen molar-refractivity contribution in [3.05, 3.63) is 21.1 Å². The number of ether oxygens (including phenoxy) is 1. The van der Waals surface area contributed by atoms with Gasteiger partial charge in [-0.25, -0.2) is 0 Å². The number of hydrogen-bond acceptors (Lipinski definition) is 4. The fourth-order valence-corrected chi connectivity index (χ4v) is 3.92. The van der Waals surface area contributed by atoms with Gasteiger partial charge in [0.05, 0.1) is 23.3 Å². The number of amides is 1. The van der Waals surface area contributed by atoms with Gasteiger partial charge in [0.15, 0.2) is 0 Å². The molecule has 1 aromatic carbocycles. The van der Waals surface area contributed by atoms with Crippen LogP contribution < -0.4 is 15.4 Å². The highest BCUT2D eigenvalue weighted by Crippen LogP contribution is 2.34. The van der Waals surface area contributed by atoms with Crippen molar-refractivity contribution in [1.82, 2.24) is 5.32 Å². The molecule has 2 rings (SSSR count). The van der Waals surface area contributed by atoms with Crippen LogP contribution in [0.3, 0.4) is 0 Å². The first kappa shape index (κ1) is 15.2. The summed E-state index contributed by atoms with van der Waals surface area (Å²) in [6.07, 6.45) is 0. The molecule has 1 saturated heterocycles. The van der Waals surface area contributed by atoms with Crippen LogP contribution in [0.15, 0.2) is 21.1 Å². The van der Waals surface area contributed by atoms with E-state index in [2.05, 4.69) is 42.5 Å². The average molecular weight is 410 g/mol. The van der Waals surface area contributed by atoms with Gasteiger partial charge >= 0.3 is 0 Å². The van der Waals surface area contributed by atoms with Crippen LogP contribution in [0.2, 0.25) is 0 Å². The van der Waals surface area contributed by atoms with Crippen molar-refractivity contribution >= 4 is 55.2 Å². The van der Waals surface area contributed by atoms with Crippen LogP contribution in [0, 0.1) is 0 Å². The van der Waals surface area contributed by atoms with Crippen molar-refractivity contribution in [2.24, 2.45) is 0 Å². The van der Waals surface area contributed by atoms with Gasteiger partial charge in [-0.3, -0.25) is 4.79 Å². The summed E-state index contributed by atoms with van der Waals surface area (Å²) in [4.78, 5) is 12.1. The Balaban J connectivity index is 2.11. The first-order valence-electron chi connectivity index (χ1n) is 5.77. The molecule has 104 valence electrons. The minimum absolute atomic E-state index is 0.0164. The van der Waals surface area contributed by atoms with Crippen LogP contribution >= 0.6 is 43.6 Å². The van der Waals surface area contributed by atoms with E-state index in [9.17, 15) is 4.79 Å². The fourth-order valence-electron chi connectivity index (χ4n) is 1.74. The van der Waals surface area contributed by atoms with Crippen LogP contribution in [0.1, 0.15) is 0 Å². The lowest BCUT2D eigenvalue weighted by Gasteiger charge is -2.22. The summed E-state index contributed by atoms with van der Waals surface area (Å²) >= 11 is 8.63. The smallest absolute Gasteiger partial charge is 0.242 e. The molecule has 2 N–H and O–H groups in total. The number of halogens is 2. The van der Waals surface area contributed by atoms with E-state index in [4.69, 9.17) is 4.74 Å². The van der Waals surface area contributed by atoms with E-state index in [1.807, 2.05) is 6.07 Å². The number of carbonyl (C=O) groups is 1. The maximum atomic E-state index is 12.1. The summed E-state index contributed by atoms with van der Waals surface area (Å²) in [5.41, 5.74) is 0.711. The lowest BCUT2D eigenvalue weighted by atomic mass is 10.2. The van der Waals surface area contributed by atoms with Gasteiger partial charge in [-0.05, 0) is 37.9 Å². The first-order valence-corrected chi connectivity index (χ1v) is 8.51. The highest BCUT2D eigenvalue weighted by atomic mass is 79.9. The average Bonchev–Trinajstić information content (AvgIpc) is 2.42. The van der Waals surface area contributed by atoms with Gasteiger partial charge in [0, 0.05) is 28.6 Å². The number of rotatable bonds is 3. The number of nitrogens with one attached hydrogen (secondary N) is 2. The maximum Gasteiger partial charge on any atom is 0.242 e. The Bertz CT molecular complexity index is 479. The number of benzene rings is 1. The molecule has 0 bridgehead atoms. The third-order valence-corrected chi connectivity index (χ3v) is 5.08. The van der Waals surface area contributed by atoms with Gasteiger partial charge in [0.2, 0.25) is 5.91 Å². The molecule has 1 aromatic rings. The summed E-state index contributed by atoms with van der Waals surface area (Å²) in [5, 5.41) is 6.13. The number of carbonyl (C=O) groups excluding carboxylic acids is 1. The van der Waals surface area contributed by atoms with Crippen molar-refractivity contribution in [2.45, 2.75) is 6.04 Å². The summed E-state index contributed by atoms with van der Waals surface area (Å²) in [6, 6.07) is 3.51. The van der Waals surface area contributed by atoms with E-state index in [-0.39, 0.29) is 11.9 Å². The number of hydrogen-bond donors (Lipinski definition) is 2. The molecule has 0 aromatic heterocycles. The molecule has 0 aliphatic carbocycles. The maximum absolute atomic E-state index is 12.1. The Morgan fingerprint density at radius 2 is 2.26 bits per heavy atom. The van der Waals surface area contributed by atoms with Gasteiger partial charge in [-0.2, -0.15) is 11.8 Å². The molecule has 19 heavy (non-hydrogen) atoms. The lowest BCUT2D eigenvalue weighted by Crippen LogP contribution is -2.46. The van der Waals surface area contributed by atoms with Crippen molar-refractivity contribution in [2.75, 3.05) is 30.5 Å². The molecule has 1 atom stereocenters. The zero-order valence-electron chi connectivity index (χ0n) is 10.3. The van der Waals surface area contributed by atoms with E-state index in [0.29, 0.717) is 11.4 Å². The summed E-state index contributed by atoms with van der Waals surface area (Å²) in [5.74, 6) is 2.53. The highest BCUT2D eigenvalue weighted by Gasteiger charge is 2.21. The minimum Gasteiger partial charge on any atom is -0.495 e. The first-order chi connectivity index (χ1) is 9.11. The molecule has 0 spiro atoms. The molecule has 1 fully saturated rings. The van der Waals surface area contributed by atoms with Gasteiger partial charge in [0.25, 0.3) is 0 Å². The van der Waals surface area contributed by atoms with E-state index >= 15 is 0 Å². The topological polar surface area (TPSA) is 50.4 Å². The van der Waals surface area contributed by atoms with Gasteiger partial charge in [0.1, 0.15) is 5.75 Å². The second-order valence-corrected chi connectivity index (χ2v) is 6.90. The van der Waals surface area contributed by atoms with Gasteiger partial charge in [-0.1, -0.05) is 0 Å². The Labute approximate surface area is 133 Å². The Morgan fingerprint density at radius 1 is 1.47 bits per heavy atom. The fraction of sp³-hybridized carbons (Fsp3) is 0.417. The molecular weight excluding hydrogens is 396 g/mol. The lowest BCUT2D eigenvalue weighted by molar-refractivity contribution is -0.117. The second kappa shape index (κ2) is 6.97. The quantitative estimate of drug-likeness (QED) is 0.805. The van der Waals surface area contributed by atoms with Crippen LogP contribution in [-0.4, -0.2) is 37.1 Å². The Morgan fingerprint density at radius 3 is 2.89 bits per heavy atom. The predicted octanol–water partition coefficient (Wildman–Crippen LogP) is 2.86. The van der Waals surface area contributed by atoms with Crippen LogP contribution in [-0.2, 0) is 4.79 Å². The molecule has 0 radical (unpaired) electrons. The SMILES string of the molecule is COc1cc(NC(=O)C2CSCCN2)c(Br)cc1Br. The van der Waals surface area contributed by atoms with Crippen molar-refractivity contribution in [3.63, 3.8) is 0 Å². The molecule has 1 unspecified atom stereocenters. The molecular formula is C12H14Br2N2O2S. The third kappa shape index (κ3) is 3.87. The number of thioether (sulfide) groups is 1. The zero-order valence-corrected chi connectivity index (χ0v) is 14.3. The zero-order chi connectivity index (χ0) is 13.8. The Kier molecular flexibility index (Phi) is 5.56. The minimum atomic E-state index is -0.139. The molecule has 7 heteroatoms. The van der Waals surface area contributed by atoms with Crippen LogP contribution in [0.25, 0.3) is 0 Å². The standard InChI is InChI=1S/C12H14Br2N2O2S/c1-18-11-5-9(7(13)4-8(11)14)16-12(17)10-6-19-3-2-15-10/h4-5,10,15H,2-3,6H2,1H3,(H,16,17). The second-order valence-electron chi connectivity index (χ2n) is 4.04. The normalized spacial score (nSPS) is 19.0. The molecule has 1 aliphatic rings. The molecule has 1 amide bonds. The van der Waals surface area contributed by atoms with E-state index in [1.165, 1.54) is 0 Å². The summed E-state index contributed by atoms with van der Waals surface area (Å²) in [7, 11) is 1.60. The molecule has 0 saturated carbocycles. The highest BCUT2D eigenvalue weighted by molar-refractivity contribution is 9.11. The van der Waals surface area contributed by atoms with Crippen molar-refractivity contribution < 1.29 is 9.53 Å². The van der Waals surface area contributed by atoms with Gasteiger partial charge in [-0.15, -0.1) is 0 Å². The molecule has 1 aliphatic heterocycles. The predicted molar refractivity (Wildman–Crippen MR) is 86.1 cm³/mol. The molecule has 1 heterocycles. The summed E-state index contributed by atoms with van der Waals surface area (Å²) < 4.78 is 6.88. The number of anilines is 1. The van der Waals surface area contributed by atoms with Crippen LogP contribution in [0.4, 0.5) is 5.69 Å². The summed E-state index contributed by atoms with van der Waals surface area (Å²) in [6.45, 7) is 0.869. The van der Waals surface area contributed by atoms with Gasteiger partial charge < -0.3 is 15.4 Å². The van der Waals surface area contributed by atoms with Crippen molar-refractivity contribution in [1.29, 1.82) is 0 Å². The Hall–Kier alpha value is -0.240. The third-order valence-electron chi connectivity index (χ3n) is 2.74. The number of methoxy groups -OCH3 is 1. The van der Waals surface area contributed by atoms with E-state index in [0.717, 1.165) is 27.0 Å². The largest absolute Gasteiger partial charge is 0.495 e. The van der Waals surface area contributed by atoms with Crippen LogP contribution in [0.5, 0.6) is 5.75 Å². The van der Waals surface area contributed by atoms with E-state index in [1.54, 1.807) is 24.9 Å². The molecule has 4 nitrogen and oxygen atoms in total. The monoisotopic (exact) mass is 408 g/mol.